The van der Waals surface area contributed by atoms with Crippen molar-refractivity contribution < 1.29 is 9.15 Å². The molecule has 2 aromatic carbocycles. The van der Waals surface area contributed by atoms with E-state index in [2.05, 4.69) is 31.0 Å². The SMILES string of the molecule is Cc1ccc(C)c(OCc2nc3cc(N)ccc3o2)c1C. The topological polar surface area (TPSA) is 61.3 Å². The van der Waals surface area contributed by atoms with Crippen LogP contribution in [0.3, 0.4) is 0 Å². The summed E-state index contributed by atoms with van der Waals surface area (Å²) in [6.07, 6.45) is 0. The van der Waals surface area contributed by atoms with Gasteiger partial charge in [-0.05, 0) is 55.7 Å². The Kier molecular flexibility index (Phi) is 3.29. The van der Waals surface area contributed by atoms with Crippen molar-refractivity contribution in [2.75, 3.05) is 5.73 Å². The third-order valence-corrected chi connectivity index (χ3v) is 3.67. The Balaban J connectivity index is 1.85. The number of hydrogen-bond acceptors (Lipinski definition) is 4. The molecule has 0 fully saturated rings. The van der Waals surface area contributed by atoms with Gasteiger partial charge in [0.05, 0.1) is 0 Å². The average Bonchev–Trinajstić information content (AvgIpc) is 2.85. The number of fused-ring (bicyclic) bond motifs is 1. The molecule has 0 spiro atoms. The van der Waals surface area contributed by atoms with Crippen LogP contribution in [0.2, 0.25) is 0 Å². The number of nitrogen functional groups attached to an aromatic ring is 1. The second kappa shape index (κ2) is 5.13. The van der Waals surface area contributed by atoms with Gasteiger partial charge in [0.2, 0.25) is 5.89 Å². The van der Waals surface area contributed by atoms with Crippen molar-refractivity contribution in [1.82, 2.24) is 4.98 Å². The molecule has 108 valence electrons. The Hall–Kier alpha value is -2.49. The summed E-state index contributed by atoms with van der Waals surface area (Å²) in [7, 11) is 0. The largest absolute Gasteiger partial charge is 0.483 e. The van der Waals surface area contributed by atoms with Gasteiger partial charge in [0, 0.05) is 5.69 Å². The third kappa shape index (κ3) is 2.57. The molecule has 0 aliphatic rings. The fraction of sp³-hybridized carbons (Fsp3) is 0.235. The third-order valence-electron chi connectivity index (χ3n) is 3.67. The Morgan fingerprint density at radius 3 is 2.67 bits per heavy atom. The van der Waals surface area contributed by atoms with Crippen LogP contribution < -0.4 is 10.5 Å². The smallest absolute Gasteiger partial charge is 0.233 e. The zero-order valence-electron chi connectivity index (χ0n) is 12.4. The number of aryl methyl sites for hydroxylation is 2. The Morgan fingerprint density at radius 2 is 1.86 bits per heavy atom. The standard InChI is InChI=1S/C17H18N2O2/c1-10-4-5-11(2)17(12(10)3)20-9-16-19-14-8-13(18)6-7-15(14)21-16/h4-8H,9,18H2,1-3H3. The van der Waals surface area contributed by atoms with E-state index < -0.39 is 0 Å². The second-order valence-corrected chi connectivity index (χ2v) is 5.28. The molecule has 2 N–H and O–H groups in total. The number of hydrogen-bond donors (Lipinski definition) is 1. The van der Waals surface area contributed by atoms with E-state index in [-0.39, 0.29) is 0 Å². The molecule has 0 unspecified atom stereocenters. The van der Waals surface area contributed by atoms with Crippen molar-refractivity contribution in [3.63, 3.8) is 0 Å². The van der Waals surface area contributed by atoms with Crippen LogP contribution in [0.4, 0.5) is 5.69 Å². The summed E-state index contributed by atoms with van der Waals surface area (Å²) in [5.41, 5.74) is 11.4. The van der Waals surface area contributed by atoms with Gasteiger partial charge in [0.25, 0.3) is 0 Å². The van der Waals surface area contributed by atoms with E-state index in [4.69, 9.17) is 14.9 Å². The number of nitrogens with two attached hydrogens (primary N) is 1. The average molecular weight is 282 g/mol. The van der Waals surface area contributed by atoms with Gasteiger partial charge in [-0.3, -0.25) is 0 Å². The predicted molar refractivity (Wildman–Crippen MR) is 83.4 cm³/mol. The van der Waals surface area contributed by atoms with E-state index >= 15 is 0 Å². The molecular weight excluding hydrogens is 264 g/mol. The van der Waals surface area contributed by atoms with Gasteiger partial charge >= 0.3 is 0 Å². The maximum atomic E-state index is 5.91. The fourth-order valence-corrected chi connectivity index (χ4v) is 2.34. The summed E-state index contributed by atoms with van der Waals surface area (Å²) in [5.74, 6) is 1.45. The summed E-state index contributed by atoms with van der Waals surface area (Å²) in [5, 5.41) is 0. The quantitative estimate of drug-likeness (QED) is 0.740. The van der Waals surface area contributed by atoms with Crippen LogP contribution in [0.15, 0.2) is 34.7 Å². The Labute approximate surface area is 123 Å². The van der Waals surface area contributed by atoms with E-state index in [9.17, 15) is 0 Å². The van der Waals surface area contributed by atoms with E-state index in [0.29, 0.717) is 18.2 Å². The van der Waals surface area contributed by atoms with Gasteiger partial charge in [0.1, 0.15) is 11.3 Å². The minimum absolute atomic E-state index is 0.305. The summed E-state index contributed by atoms with van der Waals surface area (Å²) < 4.78 is 11.6. The molecule has 3 rings (SSSR count). The lowest BCUT2D eigenvalue weighted by molar-refractivity contribution is 0.264. The highest BCUT2D eigenvalue weighted by Gasteiger charge is 2.10. The van der Waals surface area contributed by atoms with Crippen LogP contribution in [-0.4, -0.2) is 4.98 Å². The van der Waals surface area contributed by atoms with E-state index in [1.807, 2.05) is 13.0 Å². The molecule has 1 aromatic heterocycles. The Bertz CT molecular complexity index is 806. The molecule has 0 bridgehead atoms. The van der Waals surface area contributed by atoms with Crippen LogP contribution in [0.1, 0.15) is 22.6 Å². The number of ether oxygens (including phenoxy) is 1. The molecule has 4 heteroatoms. The van der Waals surface area contributed by atoms with Gasteiger partial charge in [-0.1, -0.05) is 12.1 Å². The number of aromatic nitrogens is 1. The molecule has 0 saturated heterocycles. The molecule has 0 atom stereocenters. The zero-order valence-corrected chi connectivity index (χ0v) is 12.4. The zero-order chi connectivity index (χ0) is 15.0. The van der Waals surface area contributed by atoms with Crippen molar-refractivity contribution in [2.45, 2.75) is 27.4 Å². The van der Waals surface area contributed by atoms with Gasteiger partial charge < -0.3 is 14.9 Å². The van der Waals surface area contributed by atoms with Crippen molar-refractivity contribution in [3.8, 4) is 5.75 Å². The lowest BCUT2D eigenvalue weighted by Gasteiger charge is -2.12. The lowest BCUT2D eigenvalue weighted by atomic mass is 10.1. The summed E-state index contributed by atoms with van der Waals surface area (Å²) in [6, 6.07) is 9.58. The molecule has 0 amide bonds. The van der Waals surface area contributed by atoms with Crippen LogP contribution in [-0.2, 0) is 6.61 Å². The van der Waals surface area contributed by atoms with Gasteiger partial charge in [-0.25, -0.2) is 4.98 Å². The second-order valence-electron chi connectivity index (χ2n) is 5.28. The number of benzene rings is 2. The van der Waals surface area contributed by atoms with Crippen LogP contribution >= 0.6 is 0 Å². The van der Waals surface area contributed by atoms with Crippen LogP contribution in [0, 0.1) is 20.8 Å². The normalized spacial score (nSPS) is 11.0. The minimum atomic E-state index is 0.305. The molecule has 3 aromatic rings. The van der Waals surface area contributed by atoms with Gasteiger partial charge in [-0.15, -0.1) is 0 Å². The molecule has 4 nitrogen and oxygen atoms in total. The van der Waals surface area contributed by atoms with Gasteiger partial charge in [-0.2, -0.15) is 0 Å². The van der Waals surface area contributed by atoms with E-state index in [1.165, 1.54) is 5.56 Å². The maximum absolute atomic E-state index is 5.91. The summed E-state index contributed by atoms with van der Waals surface area (Å²) in [4.78, 5) is 4.40. The number of anilines is 1. The molecule has 0 saturated carbocycles. The van der Waals surface area contributed by atoms with Crippen molar-refractivity contribution in [1.29, 1.82) is 0 Å². The fourth-order valence-electron chi connectivity index (χ4n) is 2.34. The molecule has 21 heavy (non-hydrogen) atoms. The molecule has 1 heterocycles. The first-order valence-corrected chi connectivity index (χ1v) is 6.89. The molecule has 0 aliphatic carbocycles. The number of rotatable bonds is 3. The van der Waals surface area contributed by atoms with E-state index in [0.717, 1.165) is 28.0 Å². The first-order valence-electron chi connectivity index (χ1n) is 6.89. The Morgan fingerprint density at radius 1 is 1.10 bits per heavy atom. The minimum Gasteiger partial charge on any atom is -0.483 e. The lowest BCUT2D eigenvalue weighted by Crippen LogP contribution is -2.00. The first kappa shape index (κ1) is 13.5. The highest BCUT2D eigenvalue weighted by atomic mass is 16.5. The van der Waals surface area contributed by atoms with E-state index in [1.54, 1.807) is 12.1 Å². The highest BCUT2D eigenvalue weighted by molar-refractivity contribution is 5.76. The molecular formula is C17H18N2O2. The van der Waals surface area contributed by atoms with Crippen molar-refractivity contribution in [3.05, 3.63) is 52.9 Å². The van der Waals surface area contributed by atoms with Crippen molar-refractivity contribution in [2.24, 2.45) is 0 Å². The van der Waals surface area contributed by atoms with Crippen LogP contribution in [0.25, 0.3) is 11.1 Å². The van der Waals surface area contributed by atoms with Gasteiger partial charge in [0.15, 0.2) is 12.2 Å². The summed E-state index contributed by atoms with van der Waals surface area (Å²) in [6.45, 7) is 6.47. The summed E-state index contributed by atoms with van der Waals surface area (Å²) >= 11 is 0. The van der Waals surface area contributed by atoms with Crippen molar-refractivity contribution >= 4 is 16.8 Å². The first-order chi connectivity index (χ1) is 10.0. The number of oxazole rings is 1. The molecule has 0 radical (unpaired) electrons. The van der Waals surface area contributed by atoms with Crippen LogP contribution in [0.5, 0.6) is 5.75 Å². The monoisotopic (exact) mass is 282 g/mol. The number of nitrogens with zero attached hydrogens (tertiary/aromatic N) is 1. The molecule has 0 aliphatic heterocycles. The predicted octanol–water partition coefficient (Wildman–Crippen LogP) is 3.91. The highest BCUT2D eigenvalue weighted by Crippen LogP contribution is 2.27. The maximum Gasteiger partial charge on any atom is 0.233 e.